The Morgan fingerprint density at radius 1 is 1.41 bits per heavy atom. The fourth-order valence-electron chi connectivity index (χ4n) is 1.77. The number of nitrogens with one attached hydrogen (secondary N) is 1. The van der Waals surface area contributed by atoms with Gasteiger partial charge in [0.05, 0.1) is 10.7 Å². The molecular weight excluding hydrogens is 234 g/mol. The Hall–Kier alpha value is -0.800. The predicted molar refractivity (Wildman–Crippen MR) is 74.7 cm³/mol. The Kier molecular flexibility index (Phi) is 5.72. The largest absolute Gasteiger partial charge is 0.357 e. The van der Waals surface area contributed by atoms with E-state index < -0.39 is 0 Å². The molecule has 1 aromatic heterocycles. The molecule has 0 spiro atoms. The highest BCUT2D eigenvalue weighted by Crippen LogP contribution is 2.20. The molecule has 0 aliphatic rings. The Morgan fingerprint density at radius 3 is 2.65 bits per heavy atom. The molecule has 17 heavy (non-hydrogen) atoms. The van der Waals surface area contributed by atoms with Crippen molar-refractivity contribution in [3.8, 4) is 0 Å². The molecule has 0 radical (unpaired) electrons. The van der Waals surface area contributed by atoms with Crippen LogP contribution in [0.1, 0.15) is 26.5 Å². The van der Waals surface area contributed by atoms with Gasteiger partial charge in [-0.05, 0) is 32.0 Å². The maximum absolute atomic E-state index is 6.11. The molecule has 0 aliphatic carbocycles. The third-order valence-corrected chi connectivity index (χ3v) is 2.88. The highest BCUT2D eigenvalue weighted by Gasteiger charge is 2.10. The summed E-state index contributed by atoms with van der Waals surface area (Å²) in [7, 11) is 1.90. The minimum absolute atomic E-state index is 0.625. The lowest BCUT2D eigenvalue weighted by molar-refractivity contribution is 0.613. The van der Waals surface area contributed by atoms with E-state index in [4.69, 9.17) is 11.6 Å². The standard InChI is InChI=1S/C13H22ClN3/c1-5-17(9-10(2)3)13-7-6-11(14)12(16-13)8-15-4/h6-7,10,15H,5,8-9H2,1-4H3. The molecule has 0 atom stereocenters. The van der Waals surface area contributed by atoms with E-state index in [2.05, 4.69) is 36.0 Å². The molecule has 1 heterocycles. The molecule has 4 heteroatoms. The van der Waals surface area contributed by atoms with Crippen molar-refractivity contribution in [1.29, 1.82) is 0 Å². The first kappa shape index (κ1) is 14.3. The van der Waals surface area contributed by atoms with Gasteiger partial charge in [0.2, 0.25) is 0 Å². The molecule has 1 rings (SSSR count). The summed E-state index contributed by atoms with van der Waals surface area (Å²) in [6, 6.07) is 3.92. The lowest BCUT2D eigenvalue weighted by atomic mass is 10.2. The van der Waals surface area contributed by atoms with Gasteiger partial charge in [-0.25, -0.2) is 4.98 Å². The lowest BCUT2D eigenvalue weighted by Gasteiger charge is -2.24. The molecule has 0 saturated heterocycles. The Balaban J connectivity index is 2.91. The number of pyridine rings is 1. The summed E-state index contributed by atoms with van der Waals surface area (Å²) in [5.74, 6) is 1.64. The highest BCUT2D eigenvalue weighted by atomic mass is 35.5. The zero-order valence-corrected chi connectivity index (χ0v) is 11.9. The molecule has 0 aromatic carbocycles. The van der Waals surface area contributed by atoms with Gasteiger partial charge in [0, 0.05) is 19.6 Å². The van der Waals surface area contributed by atoms with Crippen molar-refractivity contribution in [3.05, 3.63) is 22.8 Å². The third-order valence-electron chi connectivity index (χ3n) is 2.54. The molecule has 1 aromatic rings. The van der Waals surface area contributed by atoms with E-state index in [1.165, 1.54) is 0 Å². The van der Waals surface area contributed by atoms with Crippen LogP contribution in [0.3, 0.4) is 0 Å². The van der Waals surface area contributed by atoms with Crippen LogP contribution < -0.4 is 10.2 Å². The fraction of sp³-hybridized carbons (Fsp3) is 0.615. The summed E-state index contributed by atoms with van der Waals surface area (Å²) in [6.45, 7) is 9.26. The van der Waals surface area contributed by atoms with Gasteiger partial charge in [0.1, 0.15) is 5.82 Å². The number of halogens is 1. The van der Waals surface area contributed by atoms with Crippen molar-refractivity contribution in [2.45, 2.75) is 27.3 Å². The monoisotopic (exact) mass is 255 g/mol. The first-order valence-electron chi connectivity index (χ1n) is 6.13. The zero-order chi connectivity index (χ0) is 12.8. The van der Waals surface area contributed by atoms with E-state index in [1.54, 1.807) is 0 Å². The zero-order valence-electron chi connectivity index (χ0n) is 11.1. The number of aromatic nitrogens is 1. The van der Waals surface area contributed by atoms with E-state index in [9.17, 15) is 0 Å². The van der Waals surface area contributed by atoms with Gasteiger partial charge >= 0.3 is 0 Å². The molecule has 0 amide bonds. The smallest absolute Gasteiger partial charge is 0.128 e. The Labute approximate surface area is 109 Å². The van der Waals surface area contributed by atoms with Crippen LogP contribution in [0, 0.1) is 5.92 Å². The van der Waals surface area contributed by atoms with Crippen LogP contribution >= 0.6 is 11.6 Å². The van der Waals surface area contributed by atoms with E-state index in [-0.39, 0.29) is 0 Å². The van der Waals surface area contributed by atoms with Gasteiger partial charge < -0.3 is 10.2 Å². The quantitative estimate of drug-likeness (QED) is 0.847. The predicted octanol–water partition coefficient (Wildman–Crippen LogP) is 2.94. The second kappa shape index (κ2) is 6.82. The van der Waals surface area contributed by atoms with Crippen LogP contribution in [0.25, 0.3) is 0 Å². The third kappa shape index (κ3) is 4.17. The van der Waals surface area contributed by atoms with Crippen LogP contribution in [-0.2, 0) is 6.54 Å². The van der Waals surface area contributed by atoms with Gasteiger partial charge in [0.15, 0.2) is 0 Å². The van der Waals surface area contributed by atoms with Crippen molar-refractivity contribution < 1.29 is 0 Å². The van der Waals surface area contributed by atoms with Gasteiger partial charge in [-0.3, -0.25) is 0 Å². The van der Waals surface area contributed by atoms with Crippen molar-refractivity contribution in [2.75, 3.05) is 25.0 Å². The van der Waals surface area contributed by atoms with Crippen LogP contribution in [0.5, 0.6) is 0 Å². The van der Waals surface area contributed by atoms with Gasteiger partial charge in [-0.15, -0.1) is 0 Å². The number of hydrogen-bond donors (Lipinski definition) is 1. The second-order valence-corrected chi connectivity index (χ2v) is 4.97. The molecular formula is C13H22ClN3. The van der Waals surface area contributed by atoms with Crippen molar-refractivity contribution in [3.63, 3.8) is 0 Å². The highest BCUT2D eigenvalue weighted by molar-refractivity contribution is 6.31. The van der Waals surface area contributed by atoms with Crippen molar-refractivity contribution in [2.24, 2.45) is 5.92 Å². The maximum Gasteiger partial charge on any atom is 0.128 e. The second-order valence-electron chi connectivity index (χ2n) is 4.56. The number of hydrogen-bond acceptors (Lipinski definition) is 3. The van der Waals surface area contributed by atoms with Gasteiger partial charge in [-0.2, -0.15) is 0 Å². The van der Waals surface area contributed by atoms with Crippen LogP contribution in [0.15, 0.2) is 12.1 Å². The van der Waals surface area contributed by atoms with E-state index >= 15 is 0 Å². The summed E-state index contributed by atoms with van der Waals surface area (Å²) in [4.78, 5) is 6.90. The molecule has 96 valence electrons. The van der Waals surface area contributed by atoms with Crippen molar-refractivity contribution >= 4 is 17.4 Å². The minimum atomic E-state index is 0.625. The Bertz CT molecular complexity index is 353. The van der Waals surface area contributed by atoms with E-state index in [0.29, 0.717) is 12.5 Å². The van der Waals surface area contributed by atoms with Gasteiger partial charge in [0.25, 0.3) is 0 Å². The fourth-order valence-corrected chi connectivity index (χ4v) is 1.94. The minimum Gasteiger partial charge on any atom is -0.357 e. The average molecular weight is 256 g/mol. The SMILES string of the molecule is CCN(CC(C)C)c1ccc(Cl)c(CNC)n1. The number of anilines is 1. The molecule has 1 N–H and O–H groups in total. The van der Waals surface area contributed by atoms with Gasteiger partial charge in [-0.1, -0.05) is 25.4 Å². The van der Waals surface area contributed by atoms with Crippen molar-refractivity contribution in [1.82, 2.24) is 10.3 Å². The van der Waals surface area contributed by atoms with Crippen LogP contribution in [0.4, 0.5) is 5.82 Å². The van der Waals surface area contributed by atoms with E-state index in [0.717, 1.165) is 29.6 Å². The molecule has 3 nitrogen and oxygen atoms in total. The van der Waals surface area contributed by atoms with E-state index in [1.807, 2.05) is 19.2 Å². The lowest BCUT2D eigenvalue weighted by Crippen LogP contribution is -2.28. The summed E-state index contributed by atoms with van der Waals surface area (Å²) >= 11 is 6.11. The summed E-state index contributed by atoms with van der Waals surface area (Å²) in [5.41, 5.74) is 0.911. The molecule has 0 saturated carbocycles. The topological polar surface area (TPSA) is 28.2 Å². The molecule has 0 aliphatic heterocycles. The summed E-state index contributed by atoms with van der Waals surface area (Å²) in [5, 5.41) is 3.81. The average Bonchev–Trinajstić information content (AvgIpc) is 2.29. The summed E-state index contributed by atoms with van der Waals surface area (Å²) < 4.78 is 0. The van der Waals surface area contributed by atoms with Crippen LogP contribution in [0.2, 0.25) is 5.02 Å². The summed E-state index contributed by atoms with van der Waals surface area (Å²) in [6.07, 6.45) is 0. The number of rotatable bonds is 6. The molecule has 0 bridgehead atoms. The molecule has 0 fully saturated rings. The molecule has 0 unspecified atom stereocenters. The first-order valence-corrected chi connectivity index (χ1v) is 6.51. The van der Waals surface area contributed by atoms with Crippen LogP contribution in [-0.4, -0.2) is 25.1 Å². The first-order chi connectivity index (χ1) is 8.08. The number of nitrogens with zero attached hydrogens (tertiary/aromatic N) is 2. The normalized spacial score (nSPS) is 10.9. The maximum atomic E-state index is 6.11. The Morgan fingerprint density at radius 2 is 2.12 bits per heavy atom.